The smallest absolute Gasteiger partial charge is 0.406 e. The van der Waals surface area contributed by atoms with Crippen LogP contribution < -0.4 is 10.1 Å². The average molecular weight is 343 g/mol. The van der Waals surface area contributed by atoms with Gasteiger partial charge in [0, 0.05) is 6.42 Å². The molecule has 0 aliphatic heterocycles. The summed E-state index contributed by atoms with van der Waals surface area (Å²) in [5, 5.41) is 6.78. The Kier molecular flexibility index (Phi) is 5.65. The van der Waals surface area contributed by atoms with Gasteiger partial charge in [0.2, 0.25) is 5.91 Å². The third-order valence-corrected chi connectivity index (χ3v) is 3.94. The number of thiophene rings is 1. The molecule has 124 valence electrons. The van der Waals surface area contributed by atoms with E-state index < -0.39 is 6.36 Å². The number of carbonyl (C=O) groups is 1. The maximum atomic E-state index is 12.1. The second-order valence-corrected chi connectivity index (χ2v) is 5.82. The van der Waals surface area contributed by atoms with Crippen molar-refractivity contribution in [3.05, 3.63) is 52.2 Å². The lowest BCUT2D eigenvalue weighted by atomic mass is 10.1. The van der Waals surface area contributed by atoms with Crippen molar-refractivity contribution in [3.8, 4) is 5.75 Å². The SMILES string of the molecule is CC(NC(=O)CCc1ccsc1)c1ccc(OC(F)(F)F)cc1. The summed E-state index contributed by atoms with van der Waals surface area (Å²) in [4.78, 5) is 11.9. The first-order valence-corrected chi connectivity index (χ1v) is 7.94. The number of hydrogen-bond donors (Lipinski definition) is 1. The van der Waals surface area contributed by atoms with Gasteiger partial charge in [0.05, 0.1) is 6.04 Å². The number of hydrogen-bond acceptors (Lipinski definition) is 3. The molecular formula is C16H16F3NO2S. The van der Waals surface area contributed by atoms with Crippen LogP contribution >= 0.6 is 11.3 Å². The third-order valence-electron chi connectivity index (χ3n) is 3.21. The van der Waals surface area contributed by atoms with Gasteiger partial charge < -0.3 is 10.1 Å². The third kappa shape index (κ3) is 5.94. The predicted molar refractivity (Wildman–Crippen MR) is 82.3 cm³/mol. The van der Waals surface area contributed by atoms with E-state index in [-0.39, 0.29) is 17.7 Å². The number of benzene rings is 1. The van der Waals surface area contributed by atoms with Gasteiger partial charge in [0.15, 0.2) is 0 Å². The van der Waals surface area contributed by atoms with E-state index >= 15 is 0 Å². The maximum absolute atomic E-state index is 12.1. The number of halogens is 3. The maximum Gasteiger partial charge on any atom is 0.573 e. The number of alkyl halides is 3. The summed E-state index contributed by atoms with van der Waals surface area (Å²) >= 11 is 1.58. The second-order valence-electron chi connectivity index (χ2n) is 5.04. The molecule has 0 aliphatic rings. The molecule has 1 atom stereocenters. The molecule has 0 aliphatic carbocycles. The van der Waals surface area contributed by atoms with Crippen LogP contribution in [-0.2, 0) is 11.2 Å². The van der Waals surface area contributed by atoms with E-state index in [1.165, 1.54) is 24.3 Å². The van der Waals surface area contributed by atoms with Crippen LogP contribution in [0.2, 0.25) is 0 Å². The fourth-order valence-electron chi connectivity index (χ4n) is 2.05. The number of carbonyl (C=O) groups excluding carboxylic acids is 1. The molecule has 7 heteroatoms. The minimum atomic E-state index is -4.71. The summed E-state index contributed by atoms with van der Waals surface area (Å²) in [6.45, 7) is 1.78. The molecule has 3 nitrogen and oxygen atoms in total. The van der Waals surface area contributed by atoms with Crippen molar-refractivity contribution in [3.63, 3.8) is 0 Å². The Balaban J connectivity index is 1.84. The van der Waals surface area contributed by atoms with Gasteiger partial charge in [-0.1, -0.05) is 12.1 Å². The van der Waals surface area contributed by atoms with Crippen molar-refractivity contribution in [2.45, 2.75) is 32.2 Å². The first-order valence-electron chi connectivity index (χ1n) is 6.99. The van der Waals surface area contributed by atoms with E-state index in [2.05, 4.69) is 10.1 Å². The summed E-state index contributed by atoms with van der Waals surface area (Å²) in [6.07, 6.45) is -3.67. The lowest BCUT2D eigenvalue weighted by Crippen LogP contribution is -2.26. The zero-order valence-corrected chi connectivity index (χ0v) is 13.2. The van der Waals surface area contributed by atoms with E-state index in [4.69, 9.17) is 0 Å². The highest BCUT2D eigenvalue weighted by molar-refractivity contribution is 7.07. The normalized spacial score (nSPS) is 12.7. The molecule has 1 aromatic carbocycles. The monoisotopic (exact) mass is 343 g/mol. The van der Waals surface area contributed by atoms with Gasteiger partial charge in [-0.05, 0) is 53.4 Å². The highest BCUT2D eigenvalue weighted by Gasteiger charge is 2.31. The van der Waals surface area contributed by atoms with Gasteiger partial charge in [-0.15, -0.1) is 13.2 Å². The summed E-state index contributed by atoms with van der Waals surface area (Å²) in [6, 6.07) is 7.16. The van der Waals surface area contributed by atoms with Crippen LogP contribution in [0.4, 0.5) is 13.2 Å². The van der Waals surface area contributed by atoms with E-state index in [9.17, 15) is 18.0 Å². The van der Waals surface area contributed by atoms with Gasteiger partial charge in [-0.2, -0.15) is 11.3 Å². The zero-order chi connectivity index (χ0) is 16.9. The predicted octanol–water partition coefficient (Wildman–Crippen LogP) is 4.46. The van der Waals surface area contributed by atoms with E-state index in [1.807, 2.05) is 16.8 Å². The lowest BCUT2D eigenvalue weighted by Gasteiger charge is -2.15. The van der Waals surface area contributed by atoms with Gasteiger partial charge in [0.25, 0.3) is 0 Å². The molecule has 1 heterocycles. The van der Waals surface area contributed by atoms with Gasteiger partial charge in [0.1, 0.15) is 5.75 Å². The van der Waals surface area contributed by atoms with Gasteiger partial charge in [-0.3, -0.25) is 4.79 Å². The molecule has 0 bridgehead atoms. The largest absolute Gasteiger partial charge is 0.573 e. The van der Waals surface area contributed by atoms with Crippen LogP contribution in [0.3, 0.4) is 0 Å². The fraction of sp³-hybridized carbons (Fsp3) is 0.312. The van der Waals surface area contributed by atoms with Gasteiger partial charge >= 0.3 is 6.36 Å². The summed E-state index contributed by atoms with van der Waals surface area (Å²) < 4.78 is 40.1. The van der Waals surface area contributed by atoms with E-state index in [0.29, 0.717) is 18.4 Å². The van der Waals surface area contributed by atoms with Crippen LogP contribution in [0.5, 0.6) is 5.75 Å². The number of nitrogens with one attached hydrogen (secondary N) is 1. The first kappa shape index (κ1) is 17.3. The van der Waals surface area contributed by atoms with Crippen LogP contribution in [0.15, 0.2) is 41.1 Å². The molecule has 0 saturated heterocycles. The molecular weight excluding hydrogens is 327 g/mol. The molecule has 2 rings (SSSR count). The molecule has 1 N–H and O–H groups in total. The standard InChI is InChI=1S/C16H16F3NO2S/c1-11(20-15(21)7-2-12-8-9-23-10-12)13-3-5-14(6-4-13)22-16(17,18)19/h3-6,8-11H,2,7H2,1H3,(H,20,21). The number of ether oxygens (including phenoxy) is 1. The Labute approximate surface area is 136 Å². The minimum absolute atomic E-state index is 0.0979. The molecule has 1 aromatic heterocycles. The van der Waals surface area contributed by atoms with Crippen molar-refractivity contribution in [1.82, 2.24) is 5.32 Å². The molecule has 0 spiro atoms. The van der Waals surface area contributed by atoms with Gasteiger partial charge in [-0.25, -0.2) is 0 Å². The zero-order valence-electron chi connectivity index (χ0n) is 12.4. The summed E-state index contributed by atoms with van der Waals surface area (Å²) in [5.41, 5.74) is 1.83. The Morgan fingerprint density at radius 3 is 2.52 bits per heavy atom. The average Bonchev–Trinajstić information content (AvgIpc) is 2.97. The number of aryl methyl sites for hydroxylation is 1. The summed E-state index contributed by atoms with van der Waals surface area (Å²) in [7, 11) is 0. The topological polar surface area (TPSA) is 38.3 Å². The lowest BCUT2D eigenvalue weighted by molar-refractivity contribution is -0.274. The van der Waals surface area contributed by atoms with Crippen LogP contribution in [0.25, 0.3) is 0 Å². The minimum Gasteiger partial charge on any atom is -0.406 e. The van der Waals surface area contributed by atoms with Crippen molar-refractivity contribution in [2.75, 3.05) is 0 Å². The Morgan fingerprint density at radius 1 is 1.26 bits per heavy atom. The molecule has 2 aromatic rings. The fourth-order valence-corrected chi connectivity index (χ4v) is 2.75. The number of rotatable bonds is 6. The molecule has 0 radical (unpaired) electrons. The Hall–Kier alpha value is -2.02. The molecule has 0 saturated carbocycles. The van der Waals surface area contributed by atoms with Crippen LogP contribution in [-0.4, -0.2) is 12.3 Å². The molecule has 1 unspecified atom stereocenters. The molecule has 0 fully saturated rings. The van der Waals surface area contributed by atoms with Crippen molar-refractivity contribution >= 4 is 17.2 Å². The van der Waals surface area contributed by atoms with E-state index in [0.717, 1.165) is 5.56 Å². The highest BCUT2D eigenvalue weighted by Crippen LogP contribution is 2.24. The van der Waals surface area contributed by atoms with Crippen LogP contribution in [0.1, 0.15) is 30.5 Å². The van der Waals surface area contributed by atoms with Crippen molar-refractivity contribution in [2.24, 2.45) is 0 Å². The summed E-state index contributed by atoms with van der Waals surface area (Å²) in [5.74, 6) is -0.378. The highest BCUT2D eigenvalue weighted by atomic mass is 32.1. The first-order chi connectivity index (χ1) is 10.8. The Bertz CT molecular complexity index is 624. The second kappa shape index (κ2) is 7.50. The quantitative estimate of drug-likeness (QED) is 0.841. The van der Waals surface area contributed by atoms with Crippen molar-refractivity contribution < 1.29 is 22.7 Å². The Morgan fingerprint density at radius 2 is 1.96 bits per heavy atom. The van der Waals surface area contributed by atoms with Crippen LogP contribution in [0, 0.1) is 0 Å². The van der Waals surface area contributed by atoms with Crippen molar-refractivity contribution in [1.29, 1.82) is 0 Å². The molecule has 1 amide bonds. The van der Waals surface area contributed by atoms with E-state index in [1.54, 1.807) is 18.3 Å². The number of amides is 1. The molecule has 23 heavy (non-hydrogen) atoms.